The number of hydrogen-bond acceptors (Lipinski definition) is 5. The molecule has 6 nitrogen and oxygen atoms in total. The van der Waals surface area contributed by atoms with Gasteiger partial charge in [-0.3, -0.25) is 0 Å². The Bertz CT molecular complexity index is 342. The van der Waals surface area contributed by atoms with Crippen molar-refractivity contribution in [2.75, 3.05) is 13.1 Å². The first-order valence-corrected chi connectivity index (χ1v) is 6.56. The summed E-state index contributed by atoms with van der Waals surface area (Å²) in [7, 11) is 0. The molecular weight excluding hydrogens is 257 g/mol. The van der Waals surface area contributed by atoms with E-state index in [1.165, 1.54) is 4.90 Å². The summed E-state index contributed by atoms with van der Waals surface area (Å²) in [5, 5.41) is 20.6. The quantitative estimate of drug-likeness (QED) is 0.521. The summed E-state index contributed by atoms with van der Waals surface area (Å²) in [6.45, 7) is 5.68. The molecule has 0 aromatic rings. The van der Waals surface area contributed by atoms with Gasteiger partial charge in [0.2, 0.25) is 0 Å². The molecule has 0 saturated carbocycles. The number of carboxylic acid groups (broad SMARTS) is 1. The van der Waals surface area contributed by atoms with Crippen LogP contribution in [0, 0.1) is 5.92 Å². The Labute approximate surface area is 131 Å². The molecular formula is C13H22LiNO5. The van der Waals surface area contributed by atoms with Crippen LogP contribution < -0.4 is 24.0 Å². The summed E-state index contributed by atoms with van der Waals surface area (Å²) in [6.07, 6.45) is 0.0454. The molecule has 0 aromatic carbocycles. The number of carboxylic acids is 1. The van der Waals surface area contributed by atoms with Gasteiger partial charge in [-0.05, 0) is 40.0 Å². The third kappa shape index (κ3) is 6.64. The molecule has 2 atom stereocenters. The van der Waals surface area contributed by atoms with Crippen LogP contribution in [-0.2, 0) is 9.53 Å². The number of ether oxygens (including phenoxy) is 1. The van der Waals surface area contributed by atoms with Gasteiger partial charge in [0.05, 0.1) is 6.10 Å². The van der Waals surface area contributed by atoms with Crippen molar-refractivity contribution >= 4 is 12.1 Å². The molecule has 1 aliphatic rings. The summed E-state index contributed by atoms with van der Waals surface area (Å²) in [4.78, 5) is 24.4. The average Bonchev–Trinajstić information content (AvgIpc) is 2.19. The molecule has 20 heavy (non-hydrogen) atoms. The summed E-state index contributed by atoms with van der Waals surface area (Å²) in [5.41, 5.74) is -0.615. The van der Waals surface area contributed by atoms with E-state index < -0.39 is 29.7 Å². The van der Waals surface area contributed by atoms with E-state index >= 15 is 0 Å². The predicted molar refractivity (Wildman–Crippen MR) is 66.2 cm³/mol. The van der Waals surface area contributed by atoms with Crippen molar-refractivity contribution in [1.82, 2.24) is 4.90 Å². The Morgan fingerprint density at radius 3 is 2.45 bits per heavy atom. The Kier molecular flexibility index (Phi) is 7.64. The smallest absolute Gasteiger partial charge is 0.550 e. The van der Waals surface area contributed by atoms with Gasteiger partial charge in [-0.2, -0.15) is 0 Å². The van der Waals surface area contributed by atoms with Gasteiger partial charge in [-0.15, -0.1) is 0 Å². The standard InChI is InChI=1S/C13H23NO5.Li/c1-13(2,3)19-12(18)14-6-4-5-10(15)7-9(8-14)11(16)17;/h9-10,15H,4-8H2,1-3H3,(H,16,17);/q;+1/p-1. The fraction of sp³-hybridized carbons (Fsp3) is 0.846. The van der Waals surface area contributed by atoms with Crippen LogP contribution in [0.1, 0.15) is 40.0 Å². The third-order valence-electron chi connectivity index (χ3n) is 2.95. The molecule has 1 N–H and O–H groups in total. The van der Waals surface area contributed by atoms with Gasteiger partial charge in [0.25, 0.3) is 0 Å². The number of amides is 1. The first-order chi connectivity index (χ1) is 8.69. The Balaban J connectivity index is 0.00000361. The van der Waals surface area contributed by atoms with Crippen molar-refractivity contribution in [3.63, 3.8) is 0 Å². The van der Waals surface area contributed by atoms with E-state index in [1.807, 2.05) is 0 Å². The van der Waals surface area contributed by atoms with E-state index in [0.29, 0.717) is 19.4 Å². The maximum absolute atomic E-state index is 12.0. The zero-order valence-corrected chi connectivity index (χ0v) is 12.7. The summed E-state index contributed by atoms with van der Waals surface area (Å²) >= 11 is 0. The zero-order chi connectivity index (χ0) is 14.6. The maximum Gasteiger partial charge on any atom is 1.00 e. The number of aliphatic carboxylic acids is 1. The van der Waals surface area contributed by atoms with Crippen LogP contribution in [-0.4, -0.2) is 46.9 Å². The fourth-order valence-corrected chi connectivity index (χ4v) is 2.06. The van der Waals surface area contributed by atoms with Gasteiger partial charge in [-0.25, -0.2) is 4.79 Å². The Morgan fingerprint density at radius 1 is 1.35 bits per heavy atom. The second-order valence-corrected chi connectivity index (χ2v) is 5.97. The molecule has 1 fully saturated rings. The monoisotopic (exact) mass is 279 g/mol. The number of carbonyl (C=O) groups is 2. The molecule has 0 aliphatic carbocycles. The molecule has 110 valence electrons. The minimum atomic E-state index is -1.24. The number of carbonyl (C=O) groups excluding carboxylic acids is 2. The molecule has 1 heterocycles. The molecule has 0 radical (unpaired) electrons. The van der Waals surface area contributed by atoms with E-state index in [9.17, 15) is 19.8 Å². The number of aliphatic hydroxyl groups is 1. The van der Waals surface area contributed by atoms with Crippen LogP contribution in [0.2, 0.25) is 0 Å². The number of nitrogens with zero attached hydrogens (tertiary/aromatic N) is 1. The number of aliphatic hydroxyl groups excluding tert-OH is 1. The summed E-state index contributed by atoms with van der Waals surface area (Å²) in [6, 6.07) is 0. The van der Waals surface area contributed by atoms with Gasteiger partial charge in [-0.1, -0.05) is 0 Å². The average molecular weight is 279 g/mol. The summed E-state index contributed by atoms with van der Waals surface area (Å²) < 4.78 is 5.24. The largest absolute Gasteiger partial charge is 1.00 e. The predicted octanol–water partition coefficient (Wildman–Crippen LogP) is -2.86. The zero-order valence-electron chi connectivity index (χ0n) is 12.7. The number of likely N-dealkylation sites (tertiary alicyclic amines) is 1. The first-order valence-electron chi connectivity index (χ1n) is 6.56. The maximum atomic E-state index is 12.0. The van der Waals surface area contributed by atoms with Crippen molar-refractivity contribution in [3.8, 4) is 0 Å². The first kappa shape index (κ1) is 19.3. The van der Waals surface area contributed by atoms with Crippen molar-refractivity contribution < 1.29 is 43.4 Å². The third-order valence-corrected chi connectivity index (χ3v) is 2.95. The van der Waals surface area contributed by atoms with Gasteiger partial charge >= 0.3 is 25.0 Å². The second-order valence-electron chi connectivity index (χ2n) is 5.97. The molecule has 2 unspecified atom stereocenters. The van der Waals surface area contributed by atoms with Gasteiger partial charge in [0.15, 0.2) is 0 Å². The van der Waals surface area contributed by atoms with E-state index in [-0.39, 0.29) is 31.8 Å². The molecule has 1 saturated heterocycles. The van der Waals surface area contributed by atoms with E-state index in [4.69, 9.17) is 4.74 Å². The van der Waals surface area contributed by atoms with Crippen LogP contribution in [0.25, 0.3) is 0 Å². The van der Waals surface area contributed by atoms with Gasteiger partial charge in [0, 0.05) is 25.0 Å². The van der Waals surface area contributed by atoms with Gasteiger partial charge < -0.3 is 24.6 Å². The molecule has 0 aromatic heterocycles. The Morgan fingerprint density at radius 2 is 1.95 bits per heavy atom. The van der Waals surface area contributed by atoms with Crippen LogP contribution in [0.5, 0.6) is 0 Å². The molecule has 0 bridgehead atoms. The minimum Gasteiger partial charge on any atom is -0.550 e. The molecule has 0 spiro atoms. The van der Waals surface area contributed by atoms with Crippen LogP contribution in [0.4, 0.5) is 4.79 Å². The van der Waals surface area contributed by atoms with Crippen molar-refractivity contribution in [3.05, 3.63) is 0 Å². The minimum absolute atomic E-state index is 0. The normalized spacial score (nSPS) is 24.1. The second kappa shape index (κ2) is 7.92. The van der Waals surface area contributed by atoms with Gasteiger partial charge in [0.1, 0.15) is 5.60 Å². The summed E-state index contributed by atoms with van der Waals surface area (Å²) in [5.74, 6) is -2.10. The molecule has 1 rings (SSSR count). The van der Waals surface area contributed by atoms with E-state index in [2.05, 4.69) is 0 Å². The van der Waals surface area contributed by atoms with Crippen molar-refractivity contribution in [1.29, 1.82) is 0 Å². The number of rotatable bonds is 1. The molecule has 7 heteroatoms. The number of hydrogen-bond donors (Lipinski definition) is 1. The SMILES string of the molecule is CC(C)(C)OC(=O)N1CCCC(O)CC(C(=O)[O-])C1.[Li+]. The van der Waals surface area contributed by atoms with Crippen molar-refractivity contribution in [2.45, 2.75) is 51.7 Å². The van der Waals surface area contributed by atoms with Crippen LogP contribution >= 0.6 is 0 Å². The fourth-order valence-electron chi connectivity index (χ4n) is 2.06. The Hall–Kier alpha value is -0.703. The molecule has 1 amide bonds. The van der Waals surface area contributed by atoms with Crippen LogP contribution in [0.15, 0.2) is 0 Å². The van der Waals surface area contributed by atoms with E-state index in [0.717, 1.165) is 0 Å². The van der Waals surface area contributed by atoms with Crippen LogP contribution in [0.3, 0.4) is 0 Å². The van der Waals surface area contributed by atoms with E-state index in [1.54, 1.807) is 20.8 Å². The van der Waals surface area contributed by atoms with Crippen molar-refractivity contribution in [2.24, 2.45) is 5.92 Å². The molecule has 1 aliphatic heterocycles. The topological polar surface area (TPSA) is 89.9 Å².